The van der Waals surface area contributed by atoms with Crippen LogP contribution in [-0.4, -0.2) is 27.0 Å². The van der Waals surface area contributed by atoms with Gasteiger partial charge in [-0.05, 0) is 63.1 Å². The van der Waals surface area contributed by atoms with E-state index in [1.54, 1.807) is 0 Å². The van der Waals surface area contributed by atoms with Gasteiger partial charge in [0.1, 0.15) is 22.9 Å². The van der Waals surface area contributed by atoms with Crippen molar-refractivity contribution in [1.82, 2.24) is 14.4 Å². The standard InChI is InChI=1S/C25H28N4O2/c1-3-31-19-12-13-21-17(14-19)15-20(25(30)27-21)23-24(26-18-9-5-4-6-10-18)29-16(2)8-7-11-22(29)28-23/h7-8,11-15,18,26H,3-6,9-10H2,1-2H3,(H,27,30). The van der Waals surface area contributed by atoms with Crippen LogP contribution >= 0.6 is 0 Å². The fraction of sp³-hybridized carbons (Fsp3) is 0.360. The van der Waals surface area contributed by atoms with Gasteiger partial charge in [-0.15, -0.1) is 0 Å². The predicted molar refractivity (Wildman–Crippen MR) is 125 cm³/mol. The Hall–Kier alpha value is -3.28. The Morgan fingerprint density at radius 1 is 1.16 bits per heavy atom. The van der Waals surface area contributed by atoms with Gasteiger partial charge in [-0.3, -0.25) is 9.20 Å². The maximum absolute atomic E-state index is 13.1. The lowest BCUT2D eigenvalue weighted by Gasteiger charge is -2.24. The zero-order valence-corrected chi connectivity index (χ0v) is 18.1. The molecule has 3 heterocycles. The molecule has 0 bridgehead atoms. The van der Waals surface area contributed by atoms with E-state index in [0.29, 0.717) is 23.9 Å². The topological polar surface area (TPSA) is 71.4 Å². The molecule has 0 unspecified atom stereocenters. The van der Waals surface area contributed by atoms with Crippen molar-refractivity contribution in [3.05, 3.63) is 58.5 Å². The Balaban J connectivity index is 1.69. The molecule has 4 aromatic rings. The van der Waals surface area contributed by atoms with Gasteiger partial charge >= 0.3 is 0 Å². The number of H-pyrrole nitrogens is 1. The van der Waals surface area contributed by atoms with Crippen LogP contribution in [0, 0.1) is 6.92 Å². The number of hydrogen-bond donors (Lipinski definition) is 2. The summed E-state index contributed by atoms with van der Waals surface area (Å²) in [5.74, 6) is 1.70. The maximum Gasteiger partial charge on any atom is 0.258 e. The number of fused-ring (bicyclic) bond motifs is 2. The molecule has 160 valence electrons. The van der Waals surface area contributed by atoms with Crippen molar-refractivity contribution in [1.29, 1.82) is 0 Å². The lowest BCUT2D eigenvalue weighted by atomic mass is 9.95. The first kappa shape index (κ1) is 19.7. The molecule has 2 N–H and O–H groups in total. The Morgan fingerprint density at radius 2 is 2.00 bits per heavy atom. The molecule has 0 radical (unpaired) electrons. The zero-order chi connectivity index (χ0) is 21.4. The van der Waals surface area contributed by atoms with Crippen molar-refractivity contribution in [2.24, 2.45) is 0 Å². The second kappa shape index (κ2) is 8.10. The molecule has 3 aromatic heterocycles. The summed E-state index contributed by atoms with van der Waals surface area (Å²) in [4.78, 5) is 21.0. The highest BCUT2D eigenvalue weighted by Crippen LogP contribution is 2.32. The number of aryl methyl sites for hydroxylation is 1. The average Bonchev–Trinajstić information content (AvgIpc) is 3.14. The van der Waals surface area contributed by atoms with Crippen molar-refractivity contribution in [3.63, 3.8) is 0 Å². The number of nitrogens with one attached hydrogen (secondary N) is 2. The number of imidazole rings is 1. The van der Waals surface area contributed by atoms with Gasteiger partial charge < -0.3 is 15.0 Å². The van der Waals surface area contributed by atoms with E-state index in [-0.39, 0.29) is 5.56 Å². The molecule has 31 heavy (non-hydrogen) atoms. The molecule has 6 heteroatoms. The number of benzene rings is 1. The summed E-state index contributed by atoms with van der Waals surface area (Å²) in [6.45, 7) is 4.64. The first-order valence-electron chi connectivity index (χ1n) is 11.2. The number of aromatic nitrogens is 3. The molecule has 5 rings (SSSR count). The van der Waals surface area contributed by atoms with Crippen LogP contribution in [0.15, 0.2) is 47.3 Å². The third kappa shape index (κ3) is 3.67. The van der Waals surface area contributed by atoms with E-state index in [4.69, 9.17) is 9.72 Å². The Labute approximate surface area is 181 Å². The largest absolute Gasteiger partial charge is 0.494 e. The van der Waals surface area contributed by atoms with E-state index in [0.717, 1.165) is 46.7 Å². The monoisotopic (exact) mass is 416 g/mol. The molecule has 0 saturated heterocycles. The van der Waals surface area contributed by atoms with Crippen LogP contribution in [0.5, 0.6) is 5.75 Å². The molecule has 1 fully saturated rings. The average molecular weight is 417 g/mol. The number of anilines is 1. The van der Waals surface area contributed by atoms with Gasteiger partial charge in [0.2, 0.25) is 0 Å². The van der Waals surface area contributed by atoms with Crippen LogP contribution in [0.25, 0.3) is 27.8 Å². The first-order valence-corrected chi connectivity index (χ1v) is 11.2. The van der Waals surface area contributed by atoms with Crippen molar-refractivity contribution >= 4 is 22.4 Å². The number of rotatable bonds is 5. The van der Waals surface area contributed by atoms with Crippen LogP contribution < -0.4 is 15.6 Å². The van der Waals surface area contributed by atoms with Gasteiger partial charge in [-0.1, -0.05) is 25.3 Å². The van der Waals surface area contributed by atoms with Gasteiger partial charge in [0.25, 0.3) is 5.56 Å². The number of pyridine rings is 2. The van der Waals surface area contributed by atoms with Crippen LogP contribution in [0.3, 0.4) is 0 Å². The highest BCUT2D eigenvalue weighted by molar-refractivity contribution is 5.87. The summed E-state index contributed by atoms with van der Waals surface area (Å²) in [7, 11) is 0. The third-order valence-electron chi connectivity index (χ3n) is 6.17. The minimum atomic E-state index is -0.135. The van der Waals surface area contributed by atoms with Crippen LogP contribution in [0.1, 0.15) is 44.7 Å². The van der Waals surface area contributed by atoms with Crippen molar-refractivity contribution in [2.45, 2.75) is 52.0 Å². The molecule has 6 nitrogen and oxygen atoms in total. The minimum Gasteiger partial charge on any atom is -0.494 e. The van der Waals surface area contributed by atoms with Crippen molar-refractivity contribution in [3.8, 4) is 17.0 Å². The van der Waals surface area contributed by atoms with E-state index >= 15 is 0 Å². The van der Waals surface area contributed by atoms with E-state index < -0.39 is 0 Å². The first-order chi connectivity index (χ1) is 15.1. The fourth-order valence-corrected chi connectivity index (χ4v) is 4.63. The Kier molecular flexibility index (Phi) is 5.14. The fourth-order valence-electron chi connectivity index (χ4n) is 4.63. The number of hydrogen-bond acceptors (Lipinski definition) is 4. The second-order valence-corrected chi connectivity index (χ2v) is 8.34. The molecular formula is C25H28N4O2. The number of nitrogens with zero attached hydrogens (tertiary/aromatic N) is 2. The molecule has 0 atom stereocenters. The second-order valence-electron chi connectivity index (χ2n) is 8.34. The summed E-state index contributed by atoms with van der Waals surface area (Å²) in [5.41, 5.74) is 3.86. The normalized spacial score (nSPS) is 14.9. The number of ether oxygens (including phenoxy) is 1. The van der Waals surface area contributed by atoms with Crippen LogP contribution in [0.4, 0.5) is 5.82 Å². The molecule has 1 aliphatic carbocycles. The molecular weight excluding hydrogens is 388 g/mol. The van der Waals surface area contributed by atoms with E-state index in [9.17, 15) is 4.79 Å². The molecule has 0 spiro atoms. The zero-order valence-electron chi connectivity index (χ0n) is 18.1. The minimum absolute atomic E-state index is 0.135. The molecule has 0 aliphatic heterocycles. The molecule has 0 amide bonds. The van der Waals surface area contributed by atoms with Crippen molar-refractivity contribution in [2.75, 3.05) is 11.9 Å². The van der Waals surface area contributed by atoms with Gasteiger partial charge in [-0.25, -0.2) is 4.98 Å². The van der Waals surface area contributed by atoms with Gasteiger partial charge in [0.15, 0.2) is 0 Å². The summed E-state index contributed by atoms with van der Waals surface area (Å²) >= 11 is 0. The number of aromatic amines is 1. The highest BCUT2D eigenvalue weighted by Gasteiger charge is 2.22. The van der Waals surface area contributed by atoms with Gasteiger partial charge in [0, 0.05) is 22.6 Å². The van der Waals surface area contributed by atoms with Crippen LogP contribution in [0.2, 0.25) is 0 Å². The summed E-state index contributed by atoms with van der Waals surface area (Å²) in [6, 6.07) is 14.1. The lowest BCUT2D eigenvalue weighted by Crippen LogP contribution is -2.24. The lowest BCUT2D eigenvalue weighted by molar-refractivity contribution is 0.340. The summed E-state index contributed by atoms with van der Waals surface area (Å²) in [6.07, 6.45) is 6.05. The van der Waals surface area contributed by atoms with E-state index in [2.05, 4.69) is 27.7 Å². The SMILES string of the molecule is CCOc1ccc2[nH]c(=O)c(-c3nc4cccc(C)n4c3NC3CCCCC3)cc2c1. The third-order valence-corrected chi connectivity index (χ3v) is 6.17. The van der Waals surface area contributed by atoms with Crippen molar-refractivity contribution < 1.29 is 4.74 Å². The molecule has 1 aromatic carbocycles. The van der Waals surface area contributed by atoms with Gasteiger partial charge in [-0.2, -0.15) is 0 Å². The van der Waals surface area contributed by atoms with E-state index in [1.165, 1.54) is 19.3 Å². The smallest absolute Gasteiger partial charge is 0.258 e. The van der Waals surface area contributed by atoms with Crippen LogP contribution in [-0.2, 0) is 0 Å². The quantitative estimate of drug-likeness (QED) is 0.463. The summed E-state index contributed by atoms with van der Waals surface area (Å²) < 4.78 is 7.78. The Bertz CT molecular complexity index is 1300. The predicted octanol–water partition coefficient (Wildman–Crippen LogP) is 5.29. The maximum atomic E-state index is 13.1. The summed E-state index contributed by atoms with van der Waals surface area (Å²) in [5, 5.41) is 4.67. The Morgan fingerprint density at radius 3 is 2.81 bits per heavy atom. The molecule has 1 saturated carbocycles. The van der Waals surface area contributed by atoms with E-state index in [1.807, 2.05) is 43.3 Å². The molecule has 1 aliphatic rings. The van der Waals surface area contributed by atoms with Gasteiger partial charge in [0.05, 0.1) is 12.2 Å². The highest BCUT2D eigenvalue weighted by atomic mass is 16.5.